The highest BCUT2D eigenvalue weighted by atomic mass is 79.9. The molecule has 18 heavy (non-hydrogen) atoms. The number of nitrogens with one attached hydrogen (secondary N) is 1. The third-order valence-corrected chi connectivity index (χ3v) is 3.46. The van der Waals surface area contributed by atoms with Crippen molar-refractivity contribution in [3.8, 4) is 0 Å². The van der Waals surface area contributed by atoms with Gasteiger partial charge in [0.25, 0.3) is 0 Å². The minimum absolute atomic E-state index is 0.108. The molecule has 1 aromatic rings. The topological polar surface area (TPSA) is 71.2 Å². The molecule has 1 unspecified atom stereocenters. The Balaban J connectivity index is 2.01. The third kappa shape index (κ3) is 2.93. The van der Waals surface area contributed by atoms with Crippen molar-refractivity contribution in [1.29, 1.82) is 0 Å². The number of likely N-dealkylation sites (tertiary alicyclic amines) is 1. The third-order valence-electron chi connectivity index (χ3n) is 3.03. The fourth-order valence-electron chi connectivity index (χ4n) is 2.05. The number of anilines is 2. The summed E-state index contributed by atoms with van der Waals surface area (Å²) in [7, 11) is 0. The number of hydrogen-bond acceptors (Lipinski definition) is 4. The average Bonchev–Trinajstić information content (AvgIpc) is 2.85. The first-order valence-electron chi connectivity index (χ1n) is 6.04. The van der Waals surface area contributed by atoms with Gasteiger partial charge in [-0.1, -0.05) is 0 Å². The molecule has 3 N–H and O–H groups in total. The van der Waals surface area contributed by atoms with Crippen molar-refractivity contribution >= 4 is 33.3 Å². The molecule has 0 saturated carbocycles. The summed E-state index contributed by atoms with van der Waals surface area (Å²) >= 11 is 3.30. The molecule has 1 aliphatic heterocycles. The van der Waals surface area contributed by atoms with Gasteiger partial charge in [-0.25, -0.2) is 4.98 Å². The number of halogens is 1. The van der Waals surface area contributed by atoms with Gasteiger partial charge in [-0.2, -0.15) is 0 Å². The van der Waals surface area contributed by atoms with Crippen molar-refractivity contribution in [2.45, 2.75) is 25.8 Å². The van der Waals surface area contributed by atoms with Gasteiger partial charge in [-0.05, 0) is 41.8 Å². The largest absolute Gasteiger partial charge is 0.396 e. The van der Waals surface area contributed by atoms with Gasteiger partial charge in [-0.3, -0.25) is 4.79 Å². The number of carbonyl (C=O) groups excluding carboxylic acids is 1. The van der Waals surface area contributed by atoms with Crippen molar-refractivity contribution in [3.63, 3.8) is 0 Å². The summed E-state index contributed by atoms with van der Waals surface area (Å²) < 4.78 is 0.823. The Morgan fingerprint density at radius 2 is 2.22 bits per heavy atom. The van der Waals surface area contributed by atoms with Gasteiger partial charge in [-0.15, -0.1) is 0 Å². The molecular formula is C12H17BrN4O. The van der Waals surface area contributed by atoms with Crippen LogP contribution in [-0.2, 0) is 4.79 Å². The van der Waals surface area contributed by atoms with E-state index in [1.165, 1.54) is 0 Å². The van der Waals surface area contributed by atoms with Crippen LogP contribution in [0.15, 0.2) is 16.7 Å². The molecule has 1 aliphatic rings. The second-order valence-corrected chi connectivity index (χ2v) is 5.41. The zero-order valence-corrected chi connectivity index (χ0v) is 11.9. The summed E-state index contributed by atoms with van der Waals surface area (Å²) in [5, 5.41) is 3.07. The molecular weight excluding hydrogens is 296 g/mol. The lowest BCUT2D eigenvalue weighted by Gasteiger charge is -2.22. The Bertz CT molecular complexity index is 446. The van der Waals surface area contributed by atoms with E-state index in [0.29, 0.717) is 11.5 Å². The van der Waals surface area contributed by atoms with Crippen molar-refractivity contribution < 1.29 is 4.79 Å². The molecule has 5 nitrogen and oxygen atoms in total. The fraction of sp³-hybridized carbons (Fsp3) is 0.500. The maximum absolute atomic E-state index is 12.1. The lowest BCUT2D eigenvalue weighted by Crippen LogP contribution is -2.39. The second-order valence-electron chi connectivity index (χ2n) is 4.49. The van der Waals surface area contributed by atoms with Gasteiger partial charge >= 0.3 is 0 Å². The van der Waals surface area contributed by atoms with Gasteiger partial charge in [0.05, 0.1) is 5.69 Å². The quantitative estimate of drug-likeness (QED) is 0.893. The lowest BCUT2D eigenvalue weighted by molar-refractivity contribution is -0.130. The summed E-state index contributed by atoms with van der Waals surface area (Å²) in [6.07, 6.45) is 3.85. The molecule has 6 heteroatoms. The van der Waals surface area contributed by atoms with Crippen LogP contribution in [-0.4, -0.2) is 34.9 Å². The van der Waals surface area contributed by atoms with Crippen molar-refractivity contribution in [3.05, 3.63) is 16.7 Å². The first-order valence-corrected chi connectivity index (χ1v) is 6.83. The predicted molar refractivity (Wildman–Crippen MR) is 75.2 cm³/mol. The Morgan fingerprint density at radius 3 is 2.83 bits per heavy atom. The Kier molecular flexibility index (Phi) is 4.06. The maximum atomic E-state index is 12.1. The van der Waals surface area contributed by atoms with Crippen LogP contribution in [0.1, 0.15) is 19.8 Å². The highest BCUT2D eigenvalue weighted by Gasteiger charge is 2.23. The summed E-state index contributed by atoms with van der Waals surface area (Å²) in [4.78, 5) is 18.2. The van der Waals surface area contributed by atoms with Gasteiger partial charge in [0.15, 0.2) is 0 Å². The lowest BCUT2D eigenvalue weighted by atomic mass is 10.2. The van der Waals surface area contributed by atoms with Crippen molar-refractivity contribution in [2.75, 3.05) is 24.1 Å². The molecule has 1 fully saturated rings. The van der Waals surface area contributed by atoms with Gasteiger partial charge in [0.1, 0.15) is 11.9 Å². The average molecular weight is 313 g/mol. The first-order chi connectivity index (χ1) is 8.58. The monoisotopic (exact) mass is 312 g/mol. The fourth-order valence-corrected chi connectivity index (χ4v) is 2.40. The number of hydrogen-bond donors (Lipinski definition) is 2. The number of nitrogens with two attached hydrogens (primary N) is 1. The minimum atomic E-state index is -0.306. The number of pyridine rings is 1. The Hall–Kier alpha value is -1.30. The molecule has 0 aromatic carbocycles. The van der Waals surface area contributed by atoms with Crippen LogP contribution in [0.5, 0.6) is 0 Å². The van der Waals surface area contributed by atoms with Crippen LogP contribution in [0.4, 0.5) is 11.5 Å². The number of nitrogen functional groups attached to an aromatic ring is 1. The normalized spacial score (nSPS) is 16.7. The van der Waals surface area contributed by atoms with Crippen LogP contribution in [0.25, 0.3) is 0 Å². The number of nitrogens with zero attached hydrogens (tertiary/aromatic N) is 2. The van der Waals surface area contributed by atoms with Gasteiger partial charge < -0.3 is 16.0 Å². The standard InChI is InChI=1S/C12H17BrN4O/c1-8(12(18)17-4-2-3-5-17)16-11-10(14)6-9(13)7-15-11/h6-8H,2-5,14H2,1H3,(H,15,16). The highest BCUT2D eigenvalue weighted by Crippen LogP contribution is 2.21. The Labute approximate surface area is 115 Å². The van der Waals surface area contributed by atoms with E-state index in [0.717, 1.165) is 30.4 Å². The smallest absolute Gasteiger partial charge is 0.244 e. The number of amides is 1. The van der Waals surface area contributed by atoms with E-state index in [9.17, 15) is 4.79 Å². The molecule has 98 valence electrons. The van der Waals surface area contributed by atoms with Crippen LogP contribution >= 0.6 is 15.9 Å². The van der Waals surface area contributed by atoms with Crippen LogP contribution in [0.2, 0.25) is 0 Å². The summed E-state index contributed by atoms with van der Waals surface area (Å²) in [5.41, 5.74) is 6.38. The summed E-state index contributed by atoms with van der Waals surface area (Å²) in [5.74, 6) is 0.662. The van der Waals surface area contributed by atoms with E-state index in [1.807, 2.05) is 11.8 Å². The van der Waals surface area contributed by atoms with E-state index in [4.69, 9.17) is 5.73 Å². The predicted octanol–water partition coefficient (Wildman–Crippen LogP) is 1.85. The van der Waals surface area contributed by atoms with E-state index in [2.05, 4.69) is 26.2 Å². The van der Waals surface area contributed by atoms with Crippen LogP contribution < -0.4 is 11.1 Å². The maximum Gasteiger partial charge on any atom is 0.244 e. The van der Waals surface area contributed by atoms with E-state index in [-0.39, 0.29) is 11.9 Å². The minimum Gasteiger partial charge on any atom is -0.396 e. The highest BCUT2D eigenvalue weighted by molar-refractivity contribution is 9.10. The SMILES string of the molecule is CC(Nc1ncc(Br)cc1N)C(=O)N1CCCC1. The summed E-state index contributed by atoms with van der Waals surface area (Å²) in [6.45, 7) is 3.55. The van der Waals surface area contributed by atoms with Gasteiger partial charge in [0, 0.05) is 23.8 Å². The molecule has 0 aliphatic carbocycles. The van der Waals surface area contributed by atoms with Crippen molar-refractivity contribution in [1.82, 2.24) is 9.88 Å². The van der Waals surface area contributed by atoms with Gasteiger partial charge in [0.2, 0.25) is 5.91 Å². The molecule has 0 radical (unpaired) electrons. The molecule has 1 atom stereocenters. The summed E-state index contributed by atoms with van der Waals surface area (Å²) in [6, 6.07) is 1.46. The zero-order chi connectivity index (χ0) is 13.1. The molecule has 1 amide bonds. The molecule has 0 bridgehead atoms. The number of aromatic nitrogens is 1. The first kappa shape index (κ1) is 13.1. The molecule has 2 heterocycles. The Morgan fingerprint density at radius 1 is 1.56 bits per heavy atom. The molecule has 0 spiro atoms. The van der Waals surface area contributed by atoms with Crippen LogP contribution in [0, 0.1) is 0 Å². The van der Waals surface area contributed by atoms with E-state index >= 15 is 0 Å². The number of carbonyl (C=O) groups is 1. The molecule has 1 aromatic heterocycles. The molecule has 2 rings (SSSR count). The van der Waals surface area contributed by atoms with E-state index < -0.39 is 0 Å². The van der Waals surface area contributed by atoms with Crippen LogP contribution in [0.3, 0.4) is 0 Å². The van der Waals surface area contributed by atoms with E-state index in [1.54, 1.807) is 12.3 Å². The van der Waals surface area contributed by atoms with Crippen molar-refractivity contribution in [2.24, 2.45) is 0 Å². The zero-order valence-electron chi connectivity index (χ0n) is 10.3. The molecule has 1 saturated heterocycles. The second kappa shape index (κ2) is 5.56. The number of rotatable bonds is 3.